The number of aryl methyl sites for hydroxylation is 1. The Morgan fingerprint density at radius 1 is 1.32 bits per heavy atom. The van der Waals surface area contributed by atoms with Crippen LogP contribution in [0.2, 0.25) is 5.02 Å². The molecule has 0 N–H and O–H groups in total. The van der Waals surface area contributed by atoms with Crippen LogP contribution in [0.25, 0.3) is 0 Å². The standard InChI is InChI=1S/C17H23ClN2O2/c1-12-9-20(10-13(2)22-12)17(21)11-19-7-3-4-14-8-15(18)5-6-16(14)19/h5-6,8,12-13H,3-4,7,9-11H2,1-2H3. The number of hydrogen-bond acceptors (Lipinski definition) is 3. The maximum atomic E-state index is 12.6. The number of rotatable bonds is 2. The lowest BCUT2D eigenvalue weighted by atomic mass is 10.0. The van der Waals surface area contributed by atoms with Crippen LogP contribution in [-0.2, 0) is 16.0 Å². The van der Waals surface area contributed by atoms with Gasteiger partial charge >= 0.3 is 0 Å². The third-order valence-corrected chi connectivity index (χ3v) is 4.59. The van der Waals surface area contributed by atoms with E-state index in [2.05, 4.69) is 4.90 Å². The molecule has 0 aliphatic carbocycles. The summed E-state index contributed by atoms with van der Waals surface area (Å²) in [5.41, 5.74) is 2.40. The highest BCUT2D eigenvalue weighted by atomic mass is 35.5. The number of ether oxygens (including phenoxy) is 1. The molecule has 4 nitrogen and oxygen atoms in total. The molecule has 3 rings (SSSR count). The molecule has 0 spiro atoms. The minimum atomic E-state index is 0.111. The van der Waals surface area contributed by atoms with E-state index in [0.29, 0.717) is 19.6 Å². The molecule has 1 saturated heterocycles. The maximum absolute atomic E-state index is 12.6. The Labute approximate surface area is 137 Å². The Hall–Kier alpha value is -1.26. The normalized spacial score (nSPS) is 25.0. The summed E-state index contributed by atoms with van der Waals surface area (Å²) in [7, 11) is 0. The molecular weight excluding hydrogens is 300 g/mol. The zero-order chi connectivity index (χ0) is 15.7. The van der Waals surface area contributed by atoms with Crippen molar-refractivity contribution >= 4 is 23.2 Å². The van der Waals surface area contributed by atoms with Crippen molar-refractivity contribution in [2.75, 3.05) is 31.1 Å². The number of amides is 1. The zero-order valence-electron chi connectivity index (χ0n) is 13.2. The molecule has 1 amide bonds. The van der Waals surface area contributed by atoms with Gasteiger partial charge in [-0.2, -0.15) is 0 Å². The molecule has 2 unspecified atom stereocenters. The van der Waals surface area contributed by atoms with Crippen LogP contribution < -0.4 is 4.90 Å². The summed E-state index contributed by atoms with van der Waals surface area (Å²) < 4.78 is 5.70. The Bertz CT molecular complexity index is 554. The van der Waals surface area contributed by atoms with Crippen LogP contribution in [0.1, 0.15) is 25.8 Å². The number of benzene rings is 1. The van der Waals surface area contributed by atoms with Crippen LogP contribution in [0, 0.1) is 0 Å². The van der Waals surface area contributed by atoms with E-state index >= 15 is 0 Å². The Morgan fingerprint density at radius 3 is 2.77 bits per heavy atom. The fourth-order valence-electron chi connectivity index (χ4n) is 3.45. The van der Waals surface area contributed by atoms with Crippen LogP contribution >= 0.6 is 11.6 Å². The molecule has 0 radical (unpaired) electrons. The number of anilines is 1. The Morgan fingerprint density at radius 2 is 2.05 bits per heavy atom. The van der Waals surface area contributed by atoms with E-state index < -0.39 is 0 Å². The quantitative estimate of drug-likeness (QED) is 0.839. The number of morpholine rings is 1. The number of carbonyl (C=O) groups is 1. The van der Waals surface area contributed by atoms with E-state index in [1.807, 2.05) is 36.9 Å². The molecule has 120 valence electrons. The number of fused-ring (bicyclic) bond motifs is 1. The second-order valence-corrected chi connectivity index (χ2v) is 6.79. The van der Waals surface area contributed by atoms with Gasteiger partial charge in [-0.25, -0.2) is 0 Å². The van der Waals surface area contributed by atoms with Crippen molar-refractivity contribution in [1.82, 2.24) is 4.90 Å². The number of hydrogen-bond donors (Lipinski definition) is 0. The highest BCUT2D eigenvalue weighted by molar-refractivity contribution is 6.30. The smallest absolute Gasteiger partial charge is 0.242 e. The van der Waals surface area contributed by atoms with Crippen molar-refractivity contribution in [3.8, 4) is 0 Å². The average molecular weight is 323 g/mol. The molecule has 2 aliphatic rings. The highest BCUT2D eigenvalue weighted by Crippen LogP contribution is 2.29. The predicted octanol–water partition coefficient (Wildman–Crippen LogP) is 2.73. The predicted molar refractivity (Wildman–Crippen MR) is 88.6 cm³/mol. The average Bonchev–Trinajstić information content (AvgIpc) is 2.46. The van der Waals surface area contributed by atoms with Crippen LogP contribution in [0.5, 0.6) is 0 Å². The molecule has 0 aromatic heterocycles. The van der Waals surface area contributed by atoms with E-state index in [0.717, 1.165) is 30.1 Å². The SMILES string of the molecule is CC1CN(C(=O)CN2CCCc3cc(Cl)ccc32)CC(C)O1. The molecule has 0 bridgehead atoms. The third kappa shape index (κ3) is 3.39. The van der Waals surface area contributed by atoms with Gasteiger partial charge in [0.25, 0.3) is 0 Å². The van der Waals surface area contributed by atoms with Gasteiger partial charge in [-0.3, -0.25) is 4.79 Å². The molecule has 22 heavy (non-hydrogen) atoms. The van der Waals surface area contributed by atoms with Gasteiger partial charge in [-0.05, 0) is 50.5 Å². The second-order valence-electron chi connectivity index (χ2n) is 6.35. The first kappa shape index (κ1) is 15.6. The summed E-state index contributed by atoms with van der Waals surface area (Å²) in [6, 6.07) is 5.96. The van der Waals surface area contributed by atoms with Gasteiger partial charge in [0.1, 0.15) is 0 Å². The summed E-state index contributed by atoms with van der Waals surface area (Å²) in [6.07, 6.45) is 2.32. The monoisotopic (exact) mass is 322 g/mol. The Kier molecular flexibility index (Phi) is 4.59. The van der Waals surface area contributed by atoms with E-state index in [1.165, 1.54) is 5.56 Å². The molecule has 1 aromatic rings. The van der Waals surface area contributed by atoms with Gasteiger partial charge in [0.2, 0.25) is 5.91 Å². The van der Waals surface area contributed by atoms with Crippen molar-refractivity contribution in [3.63, 3.8) is 0 Å². The summed E-state index contributed by atoms with van der Waals surface area (Å²) in [6.45, 7) is 6.78. The fourth-order valence-corrected chi connectivity index (χ4v) is 3.65. The lowest BCUT2D eigenvalue weighted by molar-refractivity contribution is -0.141. The molecule has 2 atom stereocenters. The fraction of sp³-hybridized carbons (Fsp3) is 0.588. The third-order valence-electron chi connectivity index (χ3n) is 4.35. The zero-order valence-corrected chi connectivity index (χ0v) is 14.0. The van der Waals surface area contributed by atoms with Crippen molar-refractivity contribution < 1.29 is 9.53 Å². The number of halogens is 1. The maximum Gasteiger partial charge on any atom is 0.242 e. The van der Waals surface area contributed by atoms with Crippen LogP contribution in [0.3, 0.4) is 0 Å². The molecular formula is C17H23ClN2O2. The van der Waals surface area contributed by atoms with Crippen molar-refractivity contribution in [1.29, 1.82) is 0 Å². The van der Waals surface area contributed by atoms with Crippen LogP contribution in [-0.4, -0.2) is 49.2 Å². The molecule has 2 aliphatic heterocycles. The van der Waals surface area contributed by atoms with Crippen molar-refractivity contribution in [2.24, 2.45) is 0 Å². The van der Waals surface area contributed by atoms with Crippen LogP contribution in [0.15, 0.2) is 18.2 Å². The van der Waals surface area contributed by atoms with E-state index in [9.17, 15) is 4.79 Å². The van der Waals surface area contributed by atoms with Crippen LogP contribution in [0.4, 0.5) is 5.69 Å². The molecule has 0 saturated carbocycles. The summed E-state index contributed by atoms with van der Waals surface area (Å²) >= 11 is 6.08. The largest absolute Gasteiger partial charge is 0.372 e. The molecule has 1 fully saturated rings. The first-order valence-corrected chi connectivity index (χ1v) is 8.37. The first-order chi connectivity index (χ1) is 10.5. The molecule has 1 aromatic carbocycles. The topological polar surface area (TPSA) is 32.8 Å². The van der Waals surface area contributed by atoms with E-state index in [1.54, 1.807) is 0 Å². The number of carbonyl (C=O) groups excluding carboxylic acids is 1. The molecule has 2 heterocycles. The Balaban J connectivity index is 1.70. The lowest BCUT2D eigenvalue weighted by Gasteiger charge is -2.38. The van der Waals surface area contributed by atoms with Gasteiger partial charge in [0.05, 0.1) is 18.8 Å². The summed E-state index contributed by atoms with van der Waals surface area (Å²) in [5.74, 6) is 0.185. The van der Waals surface area contributed by atoms with E-state index in [4.69, 9.17) is 16.3 Å². The van der Waals surface area contributed by atoms with Gasteiger partial charge in [-0.15, -0.1) is 0 Å². The van der Waals surface area contributed by atoms with E-state index in [-0.39, 0.29) is 18.1 Å². The molecule has 5 heteroatoms. The second kappa shape index (κ2) is 6.47. The van der Waals surface area contributed by atoms with Crippen molar-refractivity contribution in [2.45, 2.75) is 38.9 Å². The first-order valence-electron chi connectivity index (χ1n) is 7.99. The summed E-state index contributed by atoms with van der Waals surface area (Å²) in [5, 5.41) is 0.766. The minimum absolute atomic E-state index is 0.111. The van der Waals surface area contributed by atoms with Gasteiger partial charge < -0.3 is 14.5 Å². The minimum Gasteiger partial charge on any atom is -0.372 e. The summed E-state index contributed by atoms with van der Waals surface area (Å²) in [4.78, 5) is 16.8. The van der Waals surface area contributed by atoms with Gasteiger partial charge in [0.15, 0.2) is 0 Å². The van der Waals surface area contributed by atoms with Crippen molar-refractivity contribution in [3.05, 3.63) is 28.8 Å². The van der Waals surface area contributed by atoms with Gasteiger partial charge in [-0.1, -0.05) is 11.6 Å². The van der Waals surface area contributed by atoms with Gasteiger partial charge in [0, 0.05) is 30.3 Å². The lowest BCUT2D eigenvalue weighted by Crippen LogP contribution is -2.51. The highest BCUT2D eigenvalue weighted by Gasteiger charge is 2.28. The number of nitrogens with zero attached hydrogens (tertiary/aromatic N) is 2.